The van der Waals surface area contributed by atoms with Crippen LogP contribution in [0.4, 0.5) is 4.39 Å². The summed E-state index contributed by atoms with van der Waals surface area (Å²) in [5.41, 5.74) is 3.98. The molecule has 1 aromatic heterocycles. The van der Waals surface area contributed by atoms with Crippen molar-refractivity contribution < 1.29 is 13.6 Å². The lowest BCUT2D eigenvalue weighted by molar-refractivity contribution is 0.0942. The average Bonchev–Trinajstić information content (AvgIpc) is 3.29. The lowest BCUT2D eigenvalue weighted by Gasteiger charge is -2.25. The van der Waals surface area contributed by atoms with Crippen LogP contribution in [0.2, 0.25) is 0 Å². The van der Waals surface area contributed by atoms with E-state index in [4.69, 9.17) is 4.42 Å². The van der Waals surface area contributed by atoms with Crippen LogP contribution in [-0.4, -0.2) is 41.6 Å². The third-order valence-corrected chi connectivity index (χ3v) is 5.51. The van der Waals surface area contributed by atoms with Crippen LogP contribution < -0.4 is 5.32 Å². The van der Waals surface area contributed by atoms with Crippen molar-refractivity contribution in [1.82, 2.24) is 20.4 Å². The minimum absolute atomic E-state index is 0.151. The van der Waals surface area contributed by atoms with E-state index in [1.54, 1.807) is 30.3 Å². The van der Waals surface area contributed by atoms with Gasteiger partial charge in [-0.25, -0.2) is 4.39 Å². The van der Waals surface area contributed by atoms with E-state index in [9.17, 15) is 9.18 Å². The molecule has 6 nitrogen and oxygen atoms in total. The number of aryl methyl sites for hydroxylation is 1. The molecule has 7 heteroatoms. The average molecular weight is 445 g/mol. The highest BCUT2D eigenvalue weighted by Crippen LogP contribution is 2.26. The molecule has 1 heterocycles. The van der Waals surface area contributed by atoms with Crippen LogP contribution in [0.3, 0.4) is 0 Å². The zero-order valence-electron chi connectivity index (χ0n) is 18.7. The molecule has 4 rings (SSSR count). The van der Waals surface area contributed by atoms with E-state index in [2.05, 4.69) is 15.5 Å². The fraction of sp³-hybridized carbons (Fsp3) is 0.192. The minimum Gasteiger partial charge on any atom is -0.416 e. The molecule has 0 saturated heterocycles. The number of aromatic nitrogens is 2. The highest BCUT2D eigenvalue weighted by atomic mass is 19.1. The molecule has 4 aromatic rings. The lowest BCUT2D eigenvalue weighted by atomic mass is 10.1. The number of carbonyl (C=O) groups excluding carboxylic acids is 1. The first-order chi connectivity index (χ1) is 15.9. The molecule has 168 valence electrons. The van der Waals surface area contributed by atoms with Gasteiger partial charge in [-0.15, -0.1) is 10.2 Å². The molecule has 3 aromatic carbocycles. The SMILES string of the molecule is Cc1ccccc1-c1nnc(-c2ccc(C(=O)NCC(c3cccc(F)c3)N(C)C)cc2)o1. The zero-order valence-corrected chi connectivity index (χ0v) is 18.7. The topological polar surface area (TPSA) is 71.3 Å². The van der Waals surface area contributed by atoms with Gasteiger partial charge >= 0.3 is 0 Å². The summed E-state index contributed by atoms with van der Waals surface area (Å²) in [5, 5.41) is 11.2. The van der Waals surface area contributed by atoms with Gasteiger partial charge in [-0.3, -0.25) is 4.79 Å². The van der Waals surface area contributed by atoms with Gasteiger partial charge in [0.1, 0.15) is 5.82 Å². The second-order valence-corrected chi connectivity index (χ2v) is 8.05. The minimum atomic E-state index is -0.298. The van der Waals surface area contributed by atoms with Gasteiger partial charge in [-0.05, 0) is 74.6 Å². The molecule has 0 radical (unpaired) electrons. The number of hydrogen-bond donors (Lipinski definition) is 1. The molecular weight excluding hydrogens is 419 g/mol. The normalized spacial score (nSPS) is 12.0. The standard InChI is InChI=1S/C26H25FN4O2/c1-17-7-4-5-10-22(17)26-30-29-25(33-26)19-13-11-18(12-14-19)24(32)28-16-23(31(2)3)20-8-6-9-21(27)15-20/h4-15,23H,16H2,1-3H3,(H,28,32). The fourth-order valence-electron chi connectivity index (χ4n) is 3.63. The van der Waals surface area contributed by atoms with Crippen molar-refractivity contribution in [2.75, 3.05) is 20.6 Å². The number of nitrogens with one attached hydrogen (secondary N) is 1. The van der Waals surface area contributed by atoms with Gasteiger partial charge in [0.2, 0.25) is 11.8 Å². The van der Waals surface area contributed by atoms with Crippen LogP contribution in [0.25, 0.3) is 22.9 Å². The van der Waals surface area contributed by atoms with E-state index in [0.29, 0.717) is 23.9 Å². The predicted octanol–water partition coefficient (Wildman–Crippen LogP) is 4.88. The Kier molecular flexibility index (Phi) is 6.60. The van der Waals surface area contributed by atoms with Crippen molar-refractivity contribution in [2.24, 2.45) is 0 Å². The smallest absolute Gasteiger partial charge is 0.251 e. The highest BCUT2D eigenvalue weighted by Gasteiger charge is 2.17. The molecule has 0 bridgehead atoms. The molecule has 1 atom stereocenters. The quantitative estimate of drug-likeness (QED) is 0.440. The maximum absolute atomic E-state index is 13.6. The molecule has 0 fully saturated rings. The van der Waals surface area contributed by atoms with E-state index in [1.165, 1.54) is 12.1 Å². The first-order valence-corrected chi connectivity index (χ1v) is 10.6. The molecule has 0 spiro atoms. The summed E-state index contributed by atoms with van der Waals surface area (Å²) in [6, 6.07) is 21.1. The number of hydrogen-bond acceptors (Lipinski definition) is 5. The molecule has 0 aliphatic rings. The van der Waals surface area contributed by atoms with Crippen LogP contribution in [0.5, 0.6) is 0 Å². The van der Waals surface area contributed by atoms with Gasteiger partial charge in [-0.1, -0.05) is 30.3 Å². The molecule has 1 amide bonds. The predicted molar refractivity (Wildman–Crippen MR) is 125 cm³/mol. The monoisotopic (exact) mass is 444 g/mol. The molecule has 0 aliphatic carbocycles. The maximum atomic E-state index is 13.6. The molecule has 0 aliphatic heterocycles. The summed E-state index contributed by atoms with van der Waals surface area (Å²) < 4.78 is 19.5. The molecule has 33 heavy (non-hydrogen) atoms. The van der Waals surface area contributed by atoms with Crippen LogP contribution in [-0.2, 0) is 0 Å². The van der Waals surface area contributed by atoms with Crippen molar-refractivity contribution >= 4 is 5.91 Å². The van der Waals surface area contributed by atoms with Gasteiger partial charge in [-0.2, -0.15) is 0 Å². The Morgan fingerprint density at radius 2 is 1.73 bits per heavy atom. The van der Waals surface area contributed by atoms with E-state index in [0.717, 1.165) is 22.3 Å². The van der Waals surface area contributed by atoms with Crippen LogP contribution >= 0.6 is 0 Å². The second kappa shape index (κ2) is 9.75. The Hall–Kier alpha value is -3.84. The highest BCUT2D eigenvalue weighted by molar-refractivity contribution is 5.94. The van der Waals surface area contributed by atoms with Crippen LogP contribution in [0, 0.1) is 12.7 Å². The van der Waals surface area contributed by atoms with Crippen molar-refractivity contribution in [2.45, 2.75) is 13.0 Å². The number of carbonyl (C=O) groups is 1. The van der Waals surface area contributed by atoms with Gasteiger partial charge in [0, 0.05) is 23.2 Å². The van der Waals surface area contributed by atoms with Crippen molar-refractivity contribution in [3.8, 4) is 22.9 Å². The van der Waals surface area contributed by atoms with Gasteiger partial charge < -0.3 is 14.6 Å². The number of nitrogens with zero attached hydrogens (tertiary/aromatic N) is 3. The van der Waals surface area contributed by atoms with Crippen molar-refractivity contribution in [1.29, 1.82) is 0 Å². The van der Waals surface area contributed by atoms with E-state index in [-0.39, 0.29) is 17.8 Å². The molecule has 1 unspecified atom stereocenters. The summed E-state index contributed by atoms with van der Waals surface area (Å²) in [6.45, 7) is 2.34. The molecular formula is C26H25FN4O2. The fourth-order valence-corrected chi connectivity index (χ4v) is 3.63. The largest absolute Gasteiger partial charge is 0.416 e. The third kappa shape index (κ3) is 5.15. The Balaban J connectivity index is 1.44. The van der Waals surface area contributed by atoms with Crippen molar-refractivity contribution in [3.63, 3.8) is 0 Å². The Labute approximate surface area is 192 Å². The summed E-state index contributed by atoms with van der Waals surface area (Å²) >= 11 is 0. The number of likely N-dealkylation sites (N-methyl/N-ethyl adjacent to an activating group) is 1. The number of rotatable bonds is 7. The maximum Gasteiger partial charge on any atom is 0.251 e. The second-order valence-electron chi connectivity index (χ2n) is 8.05. The van der Waals surface area contributed by atoms with E-state index >= 15 is 0 Å². The van der Waals surface area contributed by atoms with Gasteiger partial charge in [0.15, 0.2) is 0 Å². The van der Waals surface area contributed by atoms with Gasteiger partial charge in [0.05, 0.1) is 6.04 Å². The first-order valence-electron chi connectivity index (χ1n) is 10.6. The third-order valence-electron chi connectivity index (χ3n) is 5.51. The number of amides is 1. The first kappa shape index (κ1) is 22.4. The van der Waals surface area contributed by atoms with Gasteiger partial charge in [0.25, 0.3) is 5.91 Å². The summed E-state index contributed by atoms with van der Waals surface area (Å²) in [7, 11) is 3.79. The number of halogens is 1. The zero-order chi connectivity index (χ0) is 23.4. The summed E-state index contributed by atoms with van der Waals surface area (Å²) in [5.74, 6) is 0.333. The van der Waals surface area contributed by atoms with Crippen LogP contribution in [0.1, 0.15) is 27.5 Å². The number of benzene rings is 3. The lowest BCUT2D eigenvalue weighted by Crippen LogP contribution is -2.34. The van der Waals surface area contributed by atoms with Crippen LogP contribution in [0.15, 0.2) is 77.2 Å². The Bertz CT molecular complexity index is 1250. The summed E-state index contributed by atoms with van der Waals surface area (Å²) in [6.07, 6.45) is 0. The molecule has 1 N–H and O–H groups in total. The molecule has 0 saturated carbocycles. The Morgan fingerprint density at radius 3 is 2.42 bits per heavy atom. The summed E-state index contributed by atoms with van der Waals surface area (Å²) in [4.78, 5) is 14.6. The Morgan fingerprint density at radius 1 is 1.00 bits per heavy atom. The van der Waals surface area contributed by atoms with E-state index < -0.39 is 0 Å². The van der Waals surface area contributed by atoms with E-state index in [1.807, 2.05) is 56.3 Å². The van der Waals surface area contributed by atoms with Crippen molar-refractivity contribution in [3.05, 3.63) is 95.3 Å².